The van der Waals surface area contributed by atoms with Crippen molar-refractivity contribution in [3.63, 3.8) is 0 Å². The van der Waals surface area contributed by atoms with E-state index in [2.05, 4.69) is 26.1 Å². The van der Waals surface area contributed by atoms with E-state index >= 15 is 0 Å². The molecule has 20 heavy (non-hydrogen) atoms. The first-order chi connectivity index (χ1) is 9.38. The molecule has 1 amide bonds. The summed E-state index contributed by atoms with van der Waals surface area (Å²) in [5, 5.41) is 2.97. The van der Waals surface area contributed by atoms with Crippen LogP contribution in [0.4, 0.5) is 11.4 Å². The maximum atomic E-state index is 12.3. The average Bonchev–Trinajstić information content (AvgIpc) is 2.38. The van der Waals surface area contributed by atoms with E-state index in [0.717, 1.165) is 11.3 Å². The van der Waals surface area contributed by atoms with Gasteiger partial charge in [0.15, 0.2) is 0 Å². The van der Waals surface area contributed by atoms with Crippen molar-refractivity contribution < 1.29 is 4.79 Å². The van der Waals surface area contributed by atoms with Crippen molar-refractivity contribution >= 4 is 17.3 Å². The molecule has 3 nitrogen and oxygen atoms in total. The minimum absolute atomic E-state index is 0.0228. The van der Waals surface area contributed by atoms with Crippen molar-refractivity contribution in [1.82, 2.24) is 0 Å². The number of para-hydroxylation sites is 1. The van der Waals surface area contributed by atoms with Gasteiger partial charge >= 0.3 is 0 Å². The van der Waals surface area contributed by atoms with Gasteiger partial charge in [-0.1, -0.05) is 39.0 Å². The van der Waals surface area contributed by atoms with Crippen LogP contribution in [-0.2, 0) is 5.41 Å². The second kappa shape index (κ2) is 5.37. The summed E-state index contributed by atoms with van der Waals surface area (Å²) >= 11 is 0. The Morgan fingerprint density at radius 3 is 2.20 bits per heavy atom. The summed E-state index contributed by atoms with van der Waals surface area (Å²) in [6, 6.07) is 14.8. The number of benzene rings is 2. The smallest absolute Gasteiger partial charge is 0.255 e. The number of rotatable bonds is 2. The van der Waals surface area contributed by atoms with Crippen LogP contribution in [0.3, 0.4) is 0 Å². The van der Waals surface area contributed by atoms with Crippen LogP contribution in [0.15, 0.2) is 48.5 Å². The van der Waals surface area contributed by atoms with Crippen LogP contribution < -0.4 is 11.1 Å². The number of carbonyl (C=O) groups is 1. The third-order valence-electron chi connectivity index (χ3n) is 3.16. The highest BCUT2D eigenvalue weighted by Crippen LogP contribution is 2.29. The van der Waals surface area contributed by atoms with Crippen molar-refractivity contribution in [1.29, 1.82) is 0 Å². The van der Waals surface area contributed by atoms with Gasteiger partial charge in [-0.05, 0) is 41.3 Å². The summed E-state index contributed by atoms with van der Waals surface area (Å²) in [5.74, 6) is -0.123. The minimum atomic E-state index is -0.123. The van der Waals surface area contributed by atoms with Crippen LogP contribution in [0.1, 0.15) is 36.7 Å². The maximum Gasteiger partial charge on any atom is 0.255 e. The molecule has 3 heteroatoms. The van der Waals surface area contributed by atoms with E-state index in [0.29, 0.717) is 11.3 Å². The van der Waals surface area contributed by atoms with Crippen molar-refractivity contribution in [2.45, 2.75) is 26.2 Å². The summed E-state index contributed by atoms with van der Waals surface area (Å²) in [7, 11) is 0. The van der Waals surface area contributed by atoms with Gasteiger partial charge in [-0.25, -0.2) is 0 Å². The van der Waals surface area contributed by atoms with E-state index in [1.165, 1.54) is 0 Å². The van der Waals surface area contributed by atoms with Crippen LogP contribution in [0, 0.1) is 0 Å². The molecule has 2 aromatic rings. The quantitative estimate of drug-likeness (QED) is 0.813. The zero-order valence-corrected chi connectivity index (χ0v) is 12.1. The fourth-order valence-electron chi connectivity index (χ4n) is 2.08. The molecule has 0 atom stereocenters. The molecule has 0 aliphatic rings. The molecule has 0 spiro atoms. The van der Waals surface area contributed by atoms with Gasteiger partial charge in [0.25, 0.3) is 5.91 Å². The summed E-state index contributed by atoms with van der Waals surface area (Å²) in [4.78, 5) is 12.3. The molecule has 0 saturated carbocycles. The number of nitrogen functional groups attached to an aromatic ring is 1. The Kier molecular flexibility index (Phi) is 3.79. The number of nitrogens with one attached hydrogen (secondary N) is 1. The number of hydrogen-bond acceptors (Lipinski definition) is 2. The molecule has 0 heterocycles. The molecule has 0 bridgehead atoms. The fourth-order valence-corrected chi connectivity index (χ4v) is 2.08. The molecule has 2 aromatic carbocycles. The number of amides is 1. The maximum absolute atomic E-state index is 12.3. The first-order valence-corrected chi connectivity index (χ1v) is 6.64. The first kappa shape index (κ1) is 14.1. The molecule has 3 N–H and O–H groups in total. The molecule has 0 unspecified atom stereocenters. The minimum Gasteiger partial charge on any atom is -0.399 e. The molecular weight excluding hydrogens is 248 g/mol. The lowest BCUT2D eigenvalue weighted by Gasteiger charge is -2.23. The van der Waals surface area contributed by atoms with Gasteiger partial charge < -0.3 is 11.1 Å². The molecule has 0 fully saturated rings. The van der Waals surface area contributed by atoms with E-state index in [1.54, 1.807) is 24.3 Å². The van der Waals surface area contributed by atoms with E-state index in [1.807, 2.05) is 24.3 Å². The second-order valence-corrected chi connectivity index (χ2v) is 5.87. The van der Waals surface area contributed by atoms with Crippen LogP contribution in [0.5, 0.6) is 0 Å². The Hall–Kier alpha value is -2.29. The molecule has 0 radical (unpaired) electrons. The van der Waals surface area contributed by atoms with Crippen molar-refractivity contribution in [2.75, 3.05) is 11.1 Å². The van der Waals surface area contributed by atoms with Gasteiger partial charge in [-0.2, -0.15) is 0 Å². The number of hydrogen-bond donors (Lipinski definition) is 2. The van der Waals surface area contributed by atoms with Gasteiger partial charge in [-0.15, -0.1) is 0 Å². The molecule has 2 rings (SSSR count). The Balaban J connectivity index is 2.26. The summed E-state index contributed by atoms with van der Waals surface area (Å²) < 4.78 is 0. The van der Waals surface area contributed by atoms with Crippen molar-refractivity contribution in [2.24, 2.45) is 0 Å². The van der Waals surface area contributed by atoms with E-state index < -0.39 is 0 Å². The highest BCUT2D eigenvalue weighted by Gasteiger charge is 2.18. The largest absolute Gasteiger partial charge is 0.399 e. The first-order valence-electron chi connectivity index (χ1n) is 6.64. The Morgan fingerprint density at radius 1 is 1.00 bits per heavy atom. The SMILES string of the molecule is CC(C)(C)c1ccccc1NC(=O)c1ccc(N)cc1. The van der Waals surface area contributed by atoms with Crippen molar-refractivity contribution in [3.8, 4) is 0 Å². The number of anilines is 2. The standard InChI is InChI=1S/C17H20N2O/c1-17(2,3)14-6-4-5-7-15(14)19-16(20)12-8-10-13(18)11-9-12/h4-11H,18H2,1-3H3,(H,19,20). The summed E-state index contributed by atoms with van der Waals surface area (Å²) in [6.07, 6.45) is 0. The van der Waals surface area contributed by atoms with Gasteiger partial charge in [-0.3, -0.25) is 4.79 Å². The van der Waals surface area contributed by atoms with E-state index in [9.17, 15) is 4.79 Å². The monoisotopic (exact) mass is 268 g/mol. The average molecular weight is 268 g/mol. The highest BCUT2D eigenvalue weighted by molar-refractivity contribution is 6.04. The zero-order chi connectivity index (χ0) is 14.8. The summed E-state index contributed by atoms with van der Waals surface area (Å²) in [5.41, 5.74) is 8.82. The second-order valence-electron chi connectivity index (χ2n) is 5.87. The molecule has 0 aliphatic heterocycles. The predicted molar refractivity (Wildman–Crippen MR) is 83.9 cm³/mol. The number of carbonyl (C=O) groups excluding carboxylic acids is 1. The molecule has 0 saturated heterocycles. The van der Waals surface area contributed by atoms with Gasteiger partial charge in [0.2, 0.25) is 0 Å². The lowest BCUT2D eigenvalue weighted by Crippen LogP contribution is -2.18. The fraction of sp³-hybridized carbons (Fsp3) is 0.235. The zero-order valence-electron chi connectivity index (χ0n) is 12.1. The lowest BCUT2D eigenvalue weighted by molar-refractivity contribution is 0.102. The van der Waals surface area contributed by atoms with E-state index in [4.69, 9.17) is 5.73 Å². The van der Waals surface area contributed by atoms with Gasteiger partial charge in [0.1, 0.15) is 0 Å². The Morgan fingerprint density at radius 2 is 1.60 bits per heavy atom. The van der Waals surface area contributed by atoms with Crippen LogP contribution >= 0.6 is 0 Å². The topological polar surface area (TPSA) is 55.1 Å². The number of nitrogens with two attached hydrogens (primary N) is 1. The van der Waals surface area contributed by atoms with Crippen LogP contribution in [0.25, 0.3) is 0 Å². The lowest BCUT2D eigenvalue weighted by atomic mass is 9.86. The Labute approximate surface area is 119 Å². The molecule has 0 aliphatic carbocycles. The Bertz CT molecular complexity index is 610. The molecule has 104 valence electrons. The normalized spacial score (nSPS) is 11.2. The van der Waals surface area contributed by atoms with Crippen LogP contribution in [-0.4, -0.2) is 5.91 Å². The third-order valence-corrected chi connectivity index (χ3v) is 3.16. The predicted octanol–water partition coefficient (Wildman–Crippen LogP) is 3.82. The van der Waals surface area contributed by atoms with Crippen molar-refractivity contribution in [3.05, 3.63) is 59.7 Å². The molecular formula is C17H20N2O. The van der Waals surface area contributed by atoms with Gasteiger partial charge in [0, 0.05) is 16.9 Å². The highest BCUT2D eigenvalue weighted by atomic mass is 16.1. The van der Waals surface area contributed by atoms with Gasteiger partial charge in [0.05, 0.1) is 0 Å². The molecule has 0 aromatic heterocycles. The van der Waals surface area contributed by atoms with E-state index in [-0.39, 0.29) is 11.3 Å². The third kappa shape index (κ3) is 3.18. The summed E-state index contributed by atoms with van der Waals surface area (Å²) in [6.45, 7) is 6.38. The van der Waals surface area contributed by atoms with Crippen LogP contribution in [0.2, 0.25) is 0 Å².